The first-order valence-corrected chi connectivity index (χ1v) is 17.0. The Bertz CT molecular complexity index is 1750. The van der Waals surface area contributed by atoms with Gasteiger partial charge in [-0.05, 0) is 99.7 Å². The van der Waals surface area contributed by atoms with Crippen molar-refractivity contribution in [1.29, 1.82) is 0 Å². The van der Waals surface area contributed by atoms with Gasteiger partial charge in [0.25, 0.3) is 0 Å². The smallest absolute Gasteiger partial charge is 0.416 e. The van der Waals surface area contributed by atoms with Gasteiger partial charge in [-0.25, -0.2) is 21.6 Å². The Hall–Kier alpha value is -3.13. The van der Waals surface area contributed by atoms with Crippen LogP contribution < -0.4 is 10.1 Å². The van der Waals surface area contributed by atoms with Crippen molar-refractivity contribution in [2.45, 2.75) is 72.5 Å². The molecule has 0 radical (unpaired) electrons. The van der Waals surface area contributed by atoms with E-state index in [0.717, 1.165) is 29.3 Å². The van der Waals surface area contributed by atoms with E-state index in [1.165, 1.54) is 12.1 Å². The molecule has 0 aromatic heterocycles. The number of hydrogen-bond acceptors (Lipinski definition) is 8. The van der Waals surface area contributed by atoms with Crippen molar-refractivity contribution in [1.82, 2.24) is 5.32 Å². The van der Waals surface area contributed by atoms with E-state index in [0.29, 0.717) is 37.1 Å². The molecular formula is C30H31ClF3NO7S2. The minimum Gasteiger partial charge on any atom is -0.482 e. The third-order valence-corrected chi connectivity index (χ3v) is 10.3. The number of esters is 1. The van der Waals surface area contributed by atoms with Gasteiger partial charge in [0.15, 0.2) is 16.4 Å². The second-order valence-corrected chi connectivity index (χ2v) is 15.6. The number of halogens is 4. The van der Waals surface area contributed by atoms with Crippen LogP contribution in [-0.4, -0.2) is 40.9 Å². The Morgan fingerprint density at radius 3 is 2.25 bits per heavy atom. The van der Waals surface area contributed by atoms with Crippen molar-refractivity contribution in [2.75, 3.05) is 12.5 Å². The summed E-state index contributed by atoms with van der Waals surface area (Å²) in [6.07, 6.45) is -3.24. The van der Waals surface area contributed by atoms with E-state index in [9.17, 15) is 34.8 Å². The van der Waals surface area contributed by atoms with E-state index >= 15 is 0 Å². The number of hydrogen-bond donors (Lipinski definition) is 1. The third-order valence-electron chi connectivity index (χ3n) is 6.75. The Morgan fingerprint density at radius 2 is 1.61 bits per heavy atom. The molecule has 0 heterocycles. The zero-order valence-electron chi connectivity index (χ0n) is 24.1. The average Bonchev–Trinajstić information content (AvgIpc) is 2.93. The van der Waals surface area contributed by atoms with Crippen LogP contribution in [0.1, 0.15) is 56.3 Å². The summed E-state index contributed by atoms with van der Waals surface area (Å²) in [5, 5.41) is 3.13. The average molecular weight is 674 g/mol. The van der Waals surface area contributed by atoms with E-state index in [-0.39, 0.29) is 16.5 Å². The number of alkyl halides is 3. The van der Waals surface area contributed by atoms with Crippen LogP contribution in [0.15, 0.2) is 75.4 Å². The molecule has 0 unspecified atom stereocenters. The standard InChI is InChI=1S/C30H31ClF3NO7S2/c1-29(2,3)42-28(36)17-41-27-9-5-6-24-25(27)7-4-8-26(24)35-18-43(37,38)22-14-19(30(32,33)34)15-23(16-22)44(39,40)21-12-10-20(31)11-13-21/h5-6,9-16,26,35H,4,7-8,17-18H2,1-3H3/t26-/m1/s1. The monoisotopic (exact) mass is 673 g/mol. The Balaban J connectivity index is 1.59. The topological polar surface area (TPSA) is 116 Å². The van der Waals surface area contributed by atoms with Gasteiger partial charge in [-0.3, -0.25) is 5.32 Å². The first-order valence-electron chi connectivity index (χ1n) is 13.5. The highest BCUT2D eigenvalue weighted by Gasteiger charge is 2.35. The van der Waals surface area contributed by atoms with Gasteiger partial charge in [0.1, 0.15) is 17.2 Å². The Morgan fingerprint density at radius 1 is 0.955 bits per heavy atom. The van der Waals surface area contributed by atoms with Gasteiger partial charge in [-0.1, -0.05) is 23.7 Å². The maximum Gasteiger partial charge on any atom is 0.416 e. The molecule has 0 saturated heterocycles. The van der Waals surface area contributed by atoms with Crippen LogP contribution in [0.2, 0.25) is 5.02 Å². The number of rotatable bonds is 9. The maximum atomic E-state index is 13.8. The largest absolute Gasteiger partial charge is 0.482 e. The SMILES string of the molecule is CC(C)(C)OC(=O)COc1cccc2c1CCC[C@H]2NCS(=O)(=O)c1cc(C(F)(F)F)cc(S(=O)(=O)c2ccc(Cl)cc2)c1. The lowest BCUT2D eigenvalue weighted by Gasteiger charge is -2.28. The Kier molecular flexibility index (Phi) is 9.74. The van der Waals surface area contributed by atoms with Crippen LogP contribution >= 0.6 is 11.6 Å². The van der Waals surface area contributed by atoms with Crippen molar-refractivity contribution in [3.8, 4) is 5.75 Å². The van der Waals surface area contributed by atoms with Crippen LogP contribution in [-0.2, 0) is 41.8 Å². The molecule has 4 rings (SSSR count). The molecule has 3 aromatic rings. The molecule has 3 aromatic carbocycles. The molecule has 0 bridgehead atoms. The summed E-state index contributed by atoms with van der Waals surface area (Å²) in [5.74, 6) is -0.871. The highest BCUT2D eigenvalue weighted by atomic mass is 35.5. The van der Waals surface area contributed by atoms with Crippen LogP contribution in [0.3, 0.4) is 0 Å². The normalized spacial score (nSPS) is 15.8. The first kappa shape index (κ1) is 33.8. The molecule has 44 heavy (non-hydrogen) atoms. The minimum absolute atomic E-state index is 0.216. The number of benzene rings is 3. The summed E-state index contributed by atoms with van der Waals surface area (Å²) >= 11 is 5.81. The van der Waals surface area contributed by atoms with Crippen molar-refractivity contribution in [3.05, 3.63) is 82.4 Å². The summed E-state index contributed by atoms with van der Waals surface area (Å²) in [5.41, 5.74) is -0.603. The lowest BCUT2D eigenvalue weighted by atomic mass is 9.87. The summed E-state index contributed by atoms with van der Waals surface area (Å²) in [6.45, 7) is 4.88. The minimum atomic E-state index is -5.01. The molecule has 1 aliphatic carbocycles. The van der Waals surface area contributed by atoms with Gasteiger partial charge in [0.2, 0.25) is 9.84 Å². The first-order chi connectivity index (χ1) is 20.4. The molecule has 0 aliphatic heterocycles. The second-order valence-electron chi connectivity index (χ2n) is 11.3. The van der Waals surface area contributed by atoms with Gasteiger partial charge in [-0.15, -0.1) is 0 Å². The van der Waals surface area contributed by atoms with Crippen molar-refractivity contribution in [3.63, 3.8) is 0 Å². The lowest BCUT2D eigenvalue weighted by molar-refractivity contribution is -0.157. The molecule has 0 amide bonds. The molecule has 0 spiro atoms. The number of nitrogens with one attached hydrogen (secondary N) is 1. The maximum absolute atomic E-state index is 13.8. The molecule has 1 N–H and O–H groups in total. The molecule has 1 atom stereocenters. The number of ether oxygens (including phenoxy) is 2. The van der Waals surface area contributed by atoms with Crippen LogP contribution in [0.5, 0.6) is 5.75 Å². The van der Waals surface area contributed by atoms with Crippen LogP contribution in [0, 0.1) is 0 Å². The van der Waals surface area contributed by atoms with Gasteiger partial charge in [0, 0.05) is 11.1 Å². The molecule has 0 fully saturated rings. The zero-order valence-corrected chi connectivity index (χ0v) is 26.5. The number of carbonyl (C=O) groups is 1. The quantitative estimate of drug-likeness (QED) is 0.263. The summed E-state index contributed by atoms with van der Waals surface area (Å²) < 4.78 is 105. The fraction of sp³-hybridized carbons (Fsp3) is 0.367. The predicted molar refractivity (Wildman–Crippen MR) is 157 cm³/mol. The van der Waals surface area contributed by atoms with E-state index in [4.69, 9.17) is 21.1 Å². The summed E-state index contributed by atoms with van der Waals surface area (Å²) in [4.78, 5) is 10.2. The van der Waals surface area contributed by atoms with Crippen molar-refractivity contribution in [2.24, 2.45) is 0 Å². The molecule has 0 saturated carbocycles. The highest BCUT2D eigenvalue weighted by Crippen LogP contribution is 2.37. The van der Waals surface area contributed by atoms with Crippen molar-refractivity contribution >= 4 is 37.2 Å². The molecule has 238 valence electrons. The highest BCUT2D eigenvalue weighted by molar-refractivity contribution is 7.92. The Labute approximate surface area is 259 Å². The predicted octanol–water partition coefficient (Wildman–Crippen LogP) is 6.31. The molecular weight excluding hydrogens is 643 g/mol. The number of carbonyl (C=O) groups excluding carboxylic acids is 1. The summed E-state index contributed by atoms with van der Waals surface area (Å²) in [7, 11) is -8.97. The van der Waals surface area contributed by atoms with Gasteiger partial charge in [-0.2, -0.15) is 13.2 Å². The second kappa shape index (κ2) is 12.7. The van der Waals surface area contributed by atoms with Crippen LogP contribution in [0.25, 0.3) is 0 Å². The molecule has 14 heteroatoms. The van der Waals surface area contributed by atoms with Gasteiger partial charge >= 0.3 is 12.1 Å². The molecule has 8 nitrogen and oxygen atoms in total. The van der Waals surface area contributed by atoms with Gasteiger partial charge in [0.05, 0.1) is 20.2 Å². The lowest BCUT2D eigenvalue weighted by Crippen LogP contribution is -2.31. The van der Waals surface area contributed by atoms with E-state index in [1.807, 2.05) is 0 Å². The number of fused-ring (bicyclic) bond motifs is 1. The van der Waals surface area contributed by atoms with E-state index < -0.39 is 64.7 Å². The zero-order chi connectivity index (χ0) is 32.5. The van der Waals surface area contributed by atoms with Crippen molar-refractivity contribution < 1.29 is 44.3 Å². The fourth-order valence-electron chi connectivity index (χ4n) is 4.78. The van der Waals surface area contributed by atoms with E-state index in [2.05, 4.69) is 5.32 Å². The van der Waals surface area contributed by atoms with Crippen LogP contribution in [0.4, 0.5) is 13.2 Å². The summed E-state index contributed by atoms with van der Waals surface area (Å²) in [6, 6.07) is 11.0. The third kappa shape index (κ3) is 8.12. The van der Waals surface area contributed by atoms with E-state index in [1.54, 1.807) is 39.0 Å². The number of sulfone groups is 2. The van der Waals surface area contributed by atoms with Gasteiger partial charge < -0.3 is 9.47 Å². The molecule has 1 aliphatic rings. The fourth-order valence-corrected chi connectivity index (χ4v) is 7.52.